The van der Waals surface area contributed by atoms with E-state index in [1.807, 2.05) is 13.0 Å². The van der Waals surface area contributed by atoms with Gasteiger partial charge in [-0.15, -0.1) is 0 Å². The molecule has 0 spiro atoms. The summed E-state index contributed by atoms with van der Waals surface area (Å²) < 4.78 is 24.3. The lowest BCUT2D eigenvalue weighted by atomic mass is 10.1. The number of hydrogen-bond acceptors (Lipinski definition) is 3. The lowest BCUT2D eigenvalue weighted by Crippen LogP contribution is -2.28. The molecule has 1 amide bonds. The van der Waals surface area contributed by atoms with Crippen molar-refractivity contribution >= 4 is 27.3 Å². The molecule has 122 valence electrons. The average molecular weight is 352 g/mol. The van der Waals surface area contributed by atoms with Gasteiger partial charge in [0.1, 0.15) is 0 Å². The van der Waals surface area contributed by atoms with Crippen molar-refractivity contribution in [2.24, 2.45) is 0 Å². The summed E-state index contributed by atoms with van der Waals surface area (Å²) in [6.45, 7) is 1.83. The quantitative estimate of drug-likeness (QED) is 0.867. The fraction of sp³-hybridized carbons (Fsp3) is 0.235. The summed E-state index contributed by atoms with van der Waals surface area (Å²) in [4.78, 5) is 12.2. The van der Waals surface area contributed by atoms with E-state index in [1.54, 1.807) is 36.4 Å². The van der Waals surface area contributed by atoms with Gasteiger partial charge in [-0.25, -0.2) is 8.42 Å². The highest BCUT2D eigenvalue weighted by atomic mass is 35.5. The Labute approximate surface area is 141 Å². The van der Waals surface area contributed by atoms with Crippen LogP contribution in [0.2, 0.25) is 5.02 Å². The maximum absolute atomic E-state index is 12.1. The maximum Gasteiger partial charge on any atom is 0.221 e. The molecular formula is C17H18ClNO3S. The molecule has 0 aliphatic carbocycles. The van der Waals surface area contributed by atoms with Crippen molar-refractivity contribution in [3.8, 4) is 0 Å². The van der Waals surface area contributed by atoms with E-state index in [2.05, 4.69) is 5.32 Å². The minimum Gasteiger partial charge on any atom is -0.350 e. The normalized spacial score (nSPS) is 12.6. The molecule has 0 saturated carbocycles. The second kappa shape index (κ2) is 7.62. The predicted octanol–water partition coefficient (Wildman–Crippen LogP) is 3.38. The van der Waals surface area contributed by atoms with Crippen LogP contribution in [0.3, 0.4) is 0 Å². The number of sulfone groups is 1. The van der Waals surface area contributed by atoms with Crippen molar-refractivity contribution in [2.45, 2.75) is 24.3 Å². The van der Waals surface area contributed by atoms with Crippen LogP contribution in [0.15, 0.2) is 59.5 Å². The van der Waals surface area contributed by atoms with Crippen molar-refractivity contribution in [1.82, 2.24) is 5.32 Å². The minimum absolute atomic E-state index is 0.0812. The molecule has 1 atom stereocenters. The Morgan fingerprint density at radius 1 is 1.13 bits per heavy atom. The van der Waals surface area contributed by atoms with Crippen molar-refractivity contribution in [2.75, 3.05) is 5.75 Å². The maximum atomic E-state index is 12.1. The summed E-state index contributed by atoms with van der Waals surface area (Å²) >= 11 is 5.92. The molecule has 0 fully saturated rings. The Kier molecular flexibility index (Phi) is 5.80. The number of carbonyl (C=O) groups is 1. The highest BCUT2D eigenvalue weighted by Crippen LogP contribution is 2.17. The van der Waals surface area contributed by atoms with Crippen LogP contribution in [0.25, 0.3) is 0 Å². The molecule has 0 aliphatic heterocycles. The predicted molar refractivity (Wildman–Crippen MR) is 91.1 cm³/mol. The molecule has 0 heterocycles. The van der Waals surface area contributed by atoms with Crippen LogP contribution in [0, 0.1) is 0 Å². The van der Waals surface area contributed by atoms with Gasteiger partial charge in [-0.05, 0) is 36.8 Å². The fourth-order valence-electron chi connectivity index (χ4n) is 2.15. The first-order valence-corrected chi connectivity index (χ1v) is 9.24. The number of rotatable bonds is 6. The summed E-state index contributed by atoms with van der Waals surface area (Å²) in [6, 6.07) is 15.1. The zero-order valence-corrected chi connectivity index (χ0v) is 14.3. The van der Waals surface area contributed by atoms with Gasteiger partial charge in [0.2, 0.25) is 5.91 Å². The molecule has 2 rings (SSSR count). The van der Waals surface area contributed by atoms with Crippen LogP contribution >= 0.6 is 11.6 Å². The first-order valence-electron chi connectivity index (χ1n) is 7.21. The largest absolute Gasteiger partial charge is 0.350 e. The molecule has 0 aromatic heterocycles. The summed E-state index contributed by atoms with van der Waals surface area (Å²) in [7, 11) is -3.44. The topological polar surface area (TPSA) is 63.2 Å². The van der Waals surface area contributed by atoms with E-state index >= 15 is 0 Å². The summed E-state index contributed by atoms with van der Waals surface area (Å²) in [5.74, 6) is -0.526. The minimum atomic E-state index is -3.44. The summed E-state index contributed by atoms with van der Waals surface area (Å²) in [5.41, 5.74) is 0.872. The zero-order valence-electron chi connectivity index (χ0n) is 12.7. The highest BCUT2D eigenvalue weighted by Gasteiger charge is 2.17. The van der Waals surface area contributed by atoms with E-state index < -0.39 is 9.84 Å². The average Bonchev–Trinajstić information content (AvgIpc) is 2.54. The molecule has 0 bridgehead atoms. The van der Waals surface area contributed by atoms with Gasteiger partial charge in [-0.2, -0.15) is 0 Å². The Balaban J connectivity index is 1.93. The molecular weight excluding hydrogens is 334 g/mol. The van der Waals surface area contributed by atoms with E-state index in [4.69, 9.17) is 11.6 Å². The van der Waals surface area contributed by atoms with Gasteiger partial charge in [-0.3, -0.25) is 4.79 Å². The van der Waals surface area contributed by atoms with Crippen LogP contribution in [-0.2, 0) is 14.6 Å². The second-order valence-corrected chi connectivity index (χ2v) is 7.77. The number of halogens is 1. The number of carbonyl (C=O) groups excluding carboxylic acids is 1. The van der Waals surface area contributed by atoms with Crippen molar-refractivity contribution in [3.05, 3.63) is 65.2 Å². The van der Waals surface area contributed by atoms with Crippen LogP contribution in [-0.4, -0.2) is 20.1 Å². The molecule has 6 heteroatoms. The van der Waals surface area contributed by atoms with Gasteiger partial charge in [0.15, 0.2) is 9.84 Å². The SMILES string of the molecule is C[C@@H](NC(=O)CCS(=O)(=O)c1ccccc1)c1cccc(Cl)c1. The van der Waals surface area contributed by atoms with Crippen LogP contribution < -0.4 is 5.32 Å². The van der Waals surface area contributed by atoms with Gasteiger partial charge >= 0.3 is 0 Å². The third kappa shape index (κ3) is 5.08. The van der Waals surface area contributed by atoms with Crippen LogP contribution in [0.4, 0.5) is 0 Å². The number of hydrogen-bond donors (Lipinski definition) is 1. The van der Waals surface area contributed by atoms with E-state index in [0.29, 0.717) is 5.02 Å². The van der Waals surface area contributed by atoms with Gasteiger partial charge in [0.25, 0.3) is 0 Å². The van der Waals surface area contributed by atoms with Gasteiger partial charge in [0.05, 0.1) is 16.7 Å². The third-order valence-electron chi connectivity index (χ3n) is 3.43. The number of nitrogens with one attached hydrogen (secondary N) is 1. The molecule has 4 nitrogen and oxygen atoms in total. The molecule has 1 N–H and O–H groups in total. The Morgan fingerprint density at radius 3 is 2.48 bits per heavy atom. The monoisotopic (exact) mass is 351 g/mol. The van der Waals surface area contributed by atoms with E-state index in [1.165, 1.54) is 12.1 Å². The van der Waals surface area contributed by atoms with Gasteiger partial charge in [-0.1, -0.05) is 41.9 Å². The lowest BCUT2D eigenvalue weighted by Gasteiger charge is -2.14. The van der Waals surface area contributed by atoms with E-state index in [9.17, 15) is 13.2 Å². The van der Waals surface area contributed by atoms with Crippen molar-refractivity contribution < 1.29 is 13.2 Å². The van der Waals surface area contributed by atoms with Crippen molar-refractivity contribution in [3.63, 3.8) is 0 Å². The number of amides is 1. The Bertz CT molecular complexity index is 775. The van der Waals surface area contributed by atoms with Gasteiger partial charge in [0, 0.05) is 11.4 Å². The number of benzene rings is 2. The first-order chi connectivity index (χ1) is 10.9. The lowest BCUT2D eigenvalue weighted by molar-refractivity contribution is -0.121. The molecule has 0 saturated heterocycles. The molecule has 0 radical (unpaired) electrons. The van der Waals surface area contributed by atoms with E-state index in [-0.39, 0.29) is 29.0 Å². The molecule has 0 unspecified atom stereocenters. The Morgan fingerprint density at radius 2 is 1.83 bits per heavy atom. The van der Waals surface area contributed by atoms with E-state index in [0.717, 1.165) is 5.56 Å². The zero-order chi connectivity index (χ0) is 16.9. The molecule has 23 heavy (non-hydrogen) atoms. The first kappa shape index (κ1) is 17.5. The Hall–Kier alpha value is -1.85. The highest BCUT2D eigenvalue weighted by molar-refractivity contribution is 7.91. The van der Waals surface area contributed by atoms with Crippen LogP contribution in [0.5, 0.6) is 0 Å². The third-order valence-corrected chi connectivity index (χ3v) is 5.39. The summed E-state index contributed by atoms with van der Waals surface area (Å²) in [5, 5.41) is 3.38. The standard InChI is InChI=1S/C17H18ClNO3S/c1-13(14-6-5-7-15(18)12-14)19-17(20)10-11-23(21,22)16-8-3-2-4-9-16/h2-9,12-13H,10-11H2,1H3,(H,19,20)/t13-/m1/s1. The molecule has 2 aromatic rings. The van der Waals surface area contributed by atoms with Crippen LogP contribution in [0.1, 0.15) is 24.9 Å². The summed E-state index contributed by atoms with van der Waals surface area (Å²) in [6.07, 6.45) is -0.0812. The molecule has 2 aromatic carbocycles. The molecule has 0 aliphatic rings. The fourth-order valence-corrected chi connectivity index (χ4v) is 3.61. The second-order valence-electron chi connectivity index (χ2n) is 5.23. The van der Waals surface area contributed by atoms with Crippen molar-refractivity contribution in [1.29, 1.82) is 0 Å². The smallest absolute Gasteiger partial charge is 0.221 e. The van der Waals surface area contributed by atoms with Gasteiger partial charge < -0.3 is 5.32 Å².